The number of hydrogen-bond donors (Lipinski definition) is 2. The molecule has 3 N–H and O–H groups in total. The van der Waals surface area contributed by atoms with Gasteiger partial charge in [0.1, 0.15) is 0 Å². The Bertz CT molecular complexity index is 603. The molecule has 21 heavy (non-hydrogen) atoms. The van der Waals surface area contributed by atoms with Crippen LogP contribution in [0.15, 0.2) is 24.4 Å². The number of aromatic nitrogens is 2. The van der Waals surface area contributed by atoms with Gasteiger partial charge in [0, 0.05) is 23.7 Å². The highest BCUT2D eigenvalue weighted by Gasteiger charge is 2.04. The zero-order chi connectivity index (χ0) is 14.4. The van der Waals surface area contributed by atoms with E-state index in [-0.39, 0.29) is 24.3 Å². The fraction of sp³-hybridized carbons (Fsp3) is 0.400. The molecule has 1 heterocycles. The first-order valence-electron chi connectivity index (χ1n) is 7.01. The largest absolute Gasteiger partial charge is 0.368 e. The number of nitrogens with zero attached hydrogens (tertiary/aromatic N) is 2. The maximum atomic E-state index is 11.8. The third-order valence-corrected chi connectivity index (χ3v) is 3.14. The van der Waals surface area contributed by atoms with E-state index in [4.69, 9.17) is 5.73 Å². The van der Waals surface area contributed by atoms with Crippen molar-refractivity contribution in [1.82, 2.24) is 9.97 Å². The third-order valence-electron chi connectivity index (χ3n) is 3.14. The Labute approximate surface area is 130 Å². The molecule has 114 valence electrons. The summed E-state index contributed by atoms with van der Waals surface area (Å²) in [5, 5.41) is 3.76. The van der Waals surface area contributed by atoms with Crippen LogP contribution in [0.3, 0.4) is 0 Å². The zero-order valence-corrected chi connectivity index (χ0v) is 12.9. The van der Waals surface area contributed by atoms with E-state index in [0.29, 0.717) is 6.42 Å². The molecule has 0 spiro atoms. The van der Waals surface area contributed by atoms with Crippen LogP contribution in [-0.2, 0) is 4.79 Å². The Hall–Kier alpha value is -1.88. The number of fused-ring (bicyclic) bond motifs is 1. The van der Waals surface area contributed by atoms with Gasteiger partial charge in [-0.05, 0) is 24.6 Å². The maximum Gasteiger partial charge on any atom is 0.224 e. The minimum atomic E-state index is 0. The summed E-state index contributed by atoms with van der Waals surface area (Å²) >= 11 is 0. The van der Waals surface area contributed by atoms with E-state index in [0.717, 1.165) is 29.4 Å². The van der Waals surface area contributed by atoms with Gasteiger partial charge in [-0.2, -0.15) is 0 Å². The second-order valence-corrected chi connectivity index (χ2v) is 4.86. The number of unbranched alkanes of at least 4 members (excludes halogenated alkanes) is 3. The number of nitrogen functional groups attached to an aromatic ring is 1. The van der Waals surface area contributed by atoms with Crippen LogP contribution in [0.25, 0.3) is 10.9 Å². The van der Waals surface area contributed by atoms with E-state index < -0.39 is 0 Å². The van der Waals surface area contributed by atoms with E-state index in [1.54, 1.807) is 6.20 Å². The van der Waals surface area contributed by atoms with Crippen molar-refractivity contribution in [2.75, 3.05) is 11.1 Å². The van der Waals surface area contributed by atoms with Crippen molar-refractivity contribution in [2.24, 2.45) is 0 Å². The second-order valence-electron chi connectivity index (χ2n) is 4.86. The standard InChI is InChI=1S/C15H20N4O.ClH/c1-2-3-4-5-6-14(20)18-12-7-8-13-11(9-12)10-17-15(16)19-13;/h7-10H,2-6H2,1H3,(H,18,20)(H2,16,17,19);1H. The van der Waals surface area contributed by atoms with Gasteiger partial charge < -0.3 is 11.1 Å². The maximum absolute atomic E-state index is 11.8. The number of benzene rings is 1. The summed E-state index contributed by atoms with van der Waals surface area (Å²) in [6.07, 6.45) is 6.63. The number of nitrogens with two attached hydrogens (primary N) is 1. The lowest BCUT2D eigenvalue weighted by Gasteiger charge is -2.06. The van der Waals surface area contributed by atoms with Crippen LogP contribution >= 0.6 is 12.4 Å². The molecular weight excluding hydrogens is 288 g/mol. The summed E-state index contributed by atoms with van der Waals surface area (Å²) in [6, 6.07) is 5.53. The molecule has 0 aliphatic heterocycles. The van der Waals surface area contributed by atoms with Crippen LogP contribution in [-0.4, -0.2) is 15.9 Å². The molecule has 6 heteroatoms. The van der Waals surface area contributed by atoms with Gasteiger partial charge in [0.2, 0.25) is 11.9 Å². The van der Waals surface area contributed by atoms with Gasteiger partial charge in [0.25, 0.3) is 0 Å². The number of amides is 1. The summed E-state index contributed by atoms with van der Waals surface area (Å²) in [4.78, 5) is 19.9. The van der Waals surface area contributed by atoms with Gasteiger partial charge in [-0.1, -0.05) is 26.2 Å². The average molecular weight is 309 g/mol. The van der Waals surface area contributed by atoms with E-state index in [1.165, 1.54) is 12.8 Å². The Morgan fingerprint density at radius 1 is 1.29 bits per heavy atom. The number of halogens is 1. The lowest BCUT2D eigenvalue weighted by atomic mass is 10.1. The normalized spacial score (nSPS) is 10.1. The number of hydrogen-bond acceptors (Lipinski definition) is 4. The summed E-state index contributed by atoms with van der Waals surface area (Å²) in [5.74, 6) is 0.307. The molecule has 0 radical (unpaired) electrons. The molecule has 0 fully saturated rings. The predicted molar refractivity (Wildman–Crippen MR) is 88.6 cm³/mol. The molecule has 1 aromatic carbocycles. The topological polar surface area (TPSA) is 80.9 Å². The van der Waals surface area contributed by atoms with Crippen LogP contribution in [0.1, 0.15) is 39.0 Å². The minimum absolute atomic E-state index is 0. The lowest BCUT2D eigenvalue weighted by Crippen LogP contribution is -2.11. The first-order valence-corrected chi connectivity index (χ1v) is 7.01. The Balaban J connectivity index is 0.00000220. The molecule has 2 rings (SSSR count). The Kier molecular flexibility index (Phi) is 6.88. The number of rotatable bonds is 6. The van der Waals surface area contributed by atoms with Crippen LogP contribution in [0.4, 0.5) is 11.6 Å². The third kappa shape index (κ3) is 5.19. The van der Waals surface area contributed by atoms with Crippen molar-refractivity contribution in [3.8, 4) is 0 Å². The summed E-state index contributed by atoms with van der Waals surface area (Å²) in [5.41, 5.74) is 7.08. The van der Waals surface area contributed by atoms with Crippen molar-refractivity contribution in [1.29, 1.82) is 0 Å². The average Bonchev–Trinajstić information content (AvgIpc) is 2.44. The highest BCUT2D eigenvalue weighted by molar-refractivity contribution is 5.93. The fourth-order valence-electron chi connectivity index (χ4n) is 2.06. The molecule has 0 saturated heterocycles. The van der Waals surface area contributed by atoms with E-state index in [9.17, 15) is 4.79 Å². The highest BCUT2D eigenvalue weighted by atomic mass is 35.5. The predicted octanol–water partition coefficient (Wildman–Crippen LogP) is 3.54. The van der Waals surface area contributed by atoms with E-state index in [1.807, 2.05) is 18.2 Å². The van der Waals surface area contributed by atoms with Gasteiger partial charge in [-0.3, -0.25) is 4.79 Å². The molecule has 0 unspecified atom stereocenters. The molecule has 2 aromatic rings. The van der Waals surface area contributed by atoms with Crippen molar-refractivity contribution in [3.05, 3.63) is 24.4 Å². The monoisotopic (exact) mass is 308 g/mol. The molecule has 5 nitrogen and oxygen atoms in total. The van der Waals surface area contributed by atoms with Crippen molar-refractivity contribution in [3.63, 3.8) is 0 Å². The number of nitrogens with one attached hydrogen (secondary N) is 1. The van der Waals surface area contributed by atoms with Gasteiger partial charge in [0.05, 0.1) is 5.52 Å². The number of anilines is 2. The summed E-state index contributed by atoms with van der Waals surface area (Å²) in [7, 11) is 0. The van der Waals surface area contributed by atoms with Crippen molar-refractivity contribution in [2.45, 2.75) is 39.0 Å². The van der Waals surface area contributed by atoms with Gasteiger partial charge in [-0.15, -0.1) is 12.4 Å². The Morgan fingerprint density at radius 2 is 2.10 bits per heavy atom. The van der Waals surface area contributed by atoms with Crippen molar-refractivity contribution >= 4 is 40.9 Å². The highest BCUT2D eigenvalue weighted by Crippen LogP contribution is 2.18. The molecule has 0 saturated carbocycles. The molecule has 0 atom stereocenters. The fourth-order valence-corrected chi connectivity index (χ4v) is 2.06. The van der Waals surface area contributed by atoms with Crippen molar-refractivity contribution < 1.29 is 4.79 Å². The summed E-state index contributed by atoms with van der Waals surface area (Å²) < 4.78 is 0. The van der Waals surface area contributed by atoms with Crippen LogP contribution in [0.5, 0.6) is 0 Å². The molecule has 0 aliphatic rings. The van der Waals surface area contributed by atoms with Crippen LogP contribution in [0.2, 0.25) is 0 Å². The first-order chi connectivity index (χ1) is 9.69. The Morgan fingerprint density at radius 3 is 2.86 bits per heavy atom. The zero-order valence-electron chi connectivity index (χ0n) is 12.1. The molecule has 0 bridgehead atoms. The van der Waals surface area contributed by atoms with E-state index in [2.05, 4.69) is 22.2 Å². The SMILES string of the molecule is CCCCCCC(=O)Nc1ccc2nc(N)ncc2c1.Cl. The quantitative estimate of drug-likeness (QED) is 0.800. The number of carbonyl (C=O) groups is 1. The molecule has 0 aliphatic carbocycles. The molecule has 1 amide bonds. The second kappa shape index (κ2) is 8.42. The minimum Gasteiger partial charge on any atom is -0.368 e. The van der Waals surface area contributed by atoms with E-state index >= 15 is 0 Å². The first kappa shape index (κ1) is 17.2. The molecule has 1 aromatic heterocycles. The smallest absolute Gasteiger partial charge is 0.224 e. The van der Waals surface area contributed by atoms with Crippen LogP contribution in [0, 0.1) is 0 Å². The molecular formula is C15H21ClN4O. The van der Waals surface area contributed by atoms with Gasteiger partial charge in [-0.25, -0.2) is 9.97 Å². The van der Waals surface area contributed by atoms with Gasteiger partial charge in [0.15, 0.2) is 0 Å². The van der Waals surface area contributed by atoms with Gasteiger partial charge >= 0.3 is 0 Å². The number of carbonyl (C=O) groups excluding carboxylic acids is 1. The summed E-state index contributed by atoms with van der Waals surface area (Å²) in [6.45, 7) is 2.16. The van der Waals surface area contributed by atoms with Crippen LogP contribution < -0.4 is 11.1 Å². The lowest BCUT2D eigenvalue weighted by molar-refractivity contribution is -0.116.